The first-order valence-corrected chi connectivity index (χ1v) is 7.62. The summed E-state index contributed by atoms with van der Waals surface area (Å²) >= 11 is 0. The minimum Gasteiger partial charge on any atom is -0.381 e. The maximum atomic E-state index is 11.4. The minimum absolute atomic E-state index is 0.309. The number of primary amides is 1. The van der Waals surface area contributed by atoms with Crippen molar-refractivity contribution in [2.45, 2.75) is 65.3 Å². The van der Waals surface area contributed by atoms with Gasteiger partial charge in [-0.1, -0.05) is 40.0 Å². The zero-order valence-electron chi connectivity index (χ0n) is 13.1. The highest BCUT2D eigenvalue weighted by Crippen LogP contribution is 2.14. The quantitative estimate of drug-likeness (QED) is 0.536. The zero-order valence-corrected chi connectivity index (χ0v) is 13.1. The number of nitrogens with one attached hydrogen (secondary N) is 1. The number of unbranched alkanes of at least 4 members (excludes halogenated alkanes) is 1. The fourth-order valence-electron chi connectivity index (χ4n) is 2.11. The van der Waals surface area contributed by atoms with Gasteiger partial charge in [-0.05, 0) is 32.2 Å². The van der Waals surface area contributed by atoms with Crippen LogP contribution in [0.5, 0.6) is 0 Å². The number of hydrogen-bond acceptors (Lipinski definition) is 3. The Hall–Kier alpha value is -0.610. The first-order chi connectivity index (χ1) is 9.00. The Kier molecular flexibility index (Phi) is 9.88. The maximum Gasteiger partial charge on any atom is 0.237 e. The van der Waals surface area contributed by atoms with Gasteiger partial charge in [-0.15, -0.1) is 0 Å². The fraction of sp³-hybridized carbons (Fsp3) is 0.933. The van der Waals surface area contributed by atoms with Gasteiger partial charge < -0.3 is 15.8 Å². The number of hydrogen-bond donors (Lipinski definition) is 2. The van der Waals surface area contributed by atoms with Crippen molar-refractivity contribution in [3.63, 3.8) is 0 Å². The van der Waals surface area contributed by atoms with Gasteiger partial charge in [-0.3, -0.25) is 4.79 Å². The van der Waals surface area contributed by atoms with E-state index in [1.54, 1.807) is 0 Å². The van der Waals surface area contributed by atoms with E-state index >= 15 is 0 Å². The van der Waals surface area contributed by atoms with Crippen molar-refractivity contribution >= 4 is 5.91 Å². The Morgan fingerprint density at radius 1 is 1.37 bits per heavy atom. The number of carbonyl (C=O) groups excluding carboxylic acids is 1. The van der Waals surface area contributed by atoms with Gasteiger partial charge in [0.1, 0.15) is 0 Å². The van der Waals surface area contributed by atoms with Crippen molar-refractivity contribution in [3.8, 4) is 0 Å². The summed E-state index contributed by atoms with van der Waals surface area (Å²) < 4.78 is 5.73. The third-order valence-corrected chi connectivity index (χ3v) is 3.75. The number of ether oxygens (including phenoxy) is 1. The van der Waals surface area contributed by atoms with Crippen LogP contribution in [-0.2, 0) is 9.53 Å². The highest BCUT2D eigenvalue weighted by atomic mass is 16.5. The van der Waals surface area contributed by atoms with Crippen LogP contribution in [0, 0.1) is 5.92 Å². The smallest absolute Gasteiger partial charge is 0.237 e. The van der Waals surface area contributed by atoms with Crippen molar-refractivity contribution in [2.75, 3.05) is 19.8 Å². The van der Waals surface area contributed by atoms with E-state index in [0.29, 0.717) is 18.9 Å². The second-order valence-electron chi connectivity index (χ2n) is 5.47. The van der Waals surface area contributed by atoms with E-state index in [-0.39, 0.29) is 5.91 Å². The van der Waals surface area contributed by atoms with Gasteiger partial charge in [-0.2, -0.15) is 0 Å². The molecule has 0 spiro atoms. The molecule has 114 valence electrons. The highest BCUT2D eigenvalue weighted by molar-refractivity contribution is 5.84. The molecule has 4 nitrogen and oxygen atoms in total. The van der Waals surface area contributed by atoms with Gasteiger partial charge in [-0.25, -0.2) is 0 Å². The molecule has 0 aliphatic heterocycles. The summed E-state index contributed by atoms with van der Waals surface area (Å²) in [5, 5.41) is 3.14. The predicted molar refractivity (Wildman–Crippen MR) is 80.0 cm³/mol. The summed E-state index contributed by atoms with van der Waals surface area (Å²) in [7, 11) is 0. The molecule has 0 radical (unpaired) electrons. The predicted octanol–water partition coefficient (Wildman–Crippen LogP) is 2.46. The topological polar surface area (TPSA) is 64.3 Å². The van der Waals surface area contributed by atoms with Crippen LogP contribution >= 0.6 is 0 Å². The first-order valence-electron chi connectivity index (χ1n) is 7.62. The summed E-state index contributed by atoms with van der Waals surface area (Å²) in [4.78, 5) is 11.4. The van der Waals surface area contributed by atoms with E-state index < -0.39 is 5.54 Å². The van der Waals surface area contributed by atoms with E-state index in [2.05, 4.69) is 19.2 Å². The van der Waals surface area contributed by atoms with E-state index in [1.807, 2.05) is 13.8 Å². The molecule has 0 fully saturated rings. The molecular formula is C15H32N2O2. The van der Waals surface area contributed by atoms with Gasteiger partial charge >= 0.3 is 0 Å². The van der Waals surface area contributed by atoms with Crippen LogP contribution < -0.4 is 11.1 Å². The number of amides is 1. The molecule has 2 atom stereocenters. The molecule has 0 saturated heterocycles. The van der Waals surface area contributed by atoms with Gasteiger partial charge in [0, 0.05) is 13.2 Å². The highest BCUT2D eigenvalue weighted by Gasteiger charge is 2.29. The standard InChI is InChI=1S/C15H32N2O2/c1-5-8-9-13(6-2)12-19-11-10-15(4,14(16)18)17-7-3/h13,17H,5-12H2,1-4H3,(H2,16,18). The van der Waals surface area contributed by atoms with Crippen LogP contribution in [0.25, 0.3) is 0 Å². The van der Waals surface area contributed by atoms with Crippen molar-refractivity contribution in [3.05, 3.63) is 0 Å². The summed E-state index contributed by atoms with van der Waals surface area (Å²) in [6.45, 7) is 10.3. The molecule has 0 aliphatic rings. The van der Waals surface area contributed by atoms with E-state index in [9.17, 15) is 4.79 Å². The molecule has 0 aromatic heterocycles. The second-order valence-corrected chi connectivity index (χ2v) is 5.47. The Balaban J connectivity index is 3.95. The summed E-state index contributed by atoms with van der Waals surface area (Å²) in [6, 6.07) is 0. The summed E-state index contributed by atoms with van der Waals surface area (Å²) in [6.07, 6.45) is 5.50. The van der Waals surface area contributed by atoms with Gasteiger partial charge in [0.05, 0.1) is 5.54 Å². The van der Waals surface area contributed by atoms with Crippen LogP contribution in [-0.4, -0.2) is 31.2 Å². The molecular weight excluding hydrogens is 240 g/mol. The molecule has 3 N–H and O–H groups in total. The average Bonchev–Trinajstić information content (AvgIpc) is 2.38. The zero-order chi connectivity index (χ0) is 14.7. The third-order valence-electron chi connectivity index (χ3n) is 3.75. The molecule has 1 amide bonds. The van der Waals surface area contributed by atoms with Crippen LogP contribution in [0.1, 0.15) is 59.8 Å². The summed E-state index contributed by atoms with van der Waals surface area (Å²) in [5.41, 5.74) is 4.78. The van der Waals surface area contributed by atoms with Gasteiger partial charge in [0.25, 0.3) is 0 Å². The van der Waals surface area contributed by atoms with Crippen LogP contribution in [0.15, 0.2) is 0 Å². The van der Waals surface area contributed by atoms with Crippen LogP contribution in [0.3, 0.4) is 0 Å². The normalized spacial score (nSPS) is 16.0. The lowest BCUT2D eigenvalue weighted by molar-refractivity contribution is -0.124. The van der Waals surface area contributed by atoms with Crippen molar-refractivity contribution in [1.29, 1.82) is 0 Å². The number of likely N-dealkylation sites (N-methyl/N-ethyl adjacent to an activating group) is 1. The Morgan fingerprint density at radius 2 is 2.05 bits per heavy atom. The molecule has 0 aromatic carbocycles. The molecule has 0 heterocycles. The van der Waals surface area contributed by atoms with E-state index in [1.165, 1.54) is 19.3 Å². The van der Waals surface area contributed by atoms with E-state index in [0.717, 1.165) is 19.6 Å². The number of rotatable bonds is 12. The van der Waals surface area contributed by atoms with Crippen LogP contribution in [0.4, 0.5) is 0 Å². The molecule has 0 aromatic rings. The van der Waals surface area contributed by atoms with Crippen molar-refractivity contribution in [1.82, 2.24) is 5.32 Å². The van der Waals surface area contributed by atoms with Gasteiger partial charge in [0.2, 0.25) is 5.91 Å². The molecule has 19 heavy (non-hydrogen) atoms. The molecule has 2 unspecified atom stereocenters. The molecule has 0 aliphatic carbocycles. The second kappa shape index (κ2) is 10.2. The minimum atomic E-state index is -0.653. The maximum absolute atomic E-state index is 11.4. The monoisotopic (exact) mass is 272 g/mol. The first kappa shape index (κ1) is 18.4. The lowest BCUT2D eigenvalue weighted by Crippen LogP contribution is -2.53. The average molecular weight is 272 g/mol. The van der Waals surface area contributed by atoms with Crippen molar-refractivity contribution in [2.24, 2.45) is 11.7 Å². The Morgan fingerprint density at radius 3 is 2.53 bits per heavy atom. The number of carbonyl (C=O) groups is 1. The third kappa shape index (κ3) is 7.53. The molecule has 0 saturated carbocycles. The SMILES string of the molecule is CCCCC(CC)COCCC(C)(NCC)C(N)=O. The molecule has 4 heteroatoms. The van der Waals surface area contributed by atoms with Crippen molar-refractivity contribution < 1.29 is 9.53 Å². The van der Waals surface area contributed by atoms with Crippen LogP contribution in [0.2, 0.25) is 0 Å². The largest absolute Gasteiger partial charge is 0.381 e. The fourth-order valence-corrected chi connectivity index (χ4v) is 2.11. The Labute approximate surface area is 118 Å². The lowest BCUT2D eigenvalue weighted by Gasteiger charge is -2.27. The van der Waals surface area contributed by atoms with E-state index in [4.69, 9.17) is 10.5 Å². The number of nitrogens with two attached hydrogens (primary N) is 1. The summed E-state index contributed by atoms with van der Waals surface area (Å²) in [5.74, 6) is 0.329. The molecule has 0 rings (SSSR count). The molecule has 0 bridgehead atoms. The lowest BCUT2D eigenvalue weighted by atomic mass is 9.97. The van der Waals surface area contributed by atoms with Gasteiger partial charge in [0.15, 0.2) is 0 Å². The Bertz CT molecular complexity index is 246.